The molecule has 92 valence electrons. The number of fused-ring (bicyclic) bond motifs is 3. The minimum atomic E-state index is 0.722. The van der Waals surface area contributed by atoms with Crippen LogP contribution < -0.4 is 4.73 Å². The summed E-state index contributed by atoms with van der Waals surface area (Å²) in [6.45, 7) is 4.18. The van der Waals surface area contributed by atoms with Crippen LogP contribution in [0.15, 0.2) is 24.4 Å². The number of aryl methyl sites for hydroxylation is 2. The van der Waals surface area contributed by atoms with Crippen LogP contribution >= 0.6 is 11.3 Å². The van der Waals surface area contributed by atoms with E-state index in [2.05, 4.69) is 18.0 Å². The molecular formula is C14H14N2OS. The maximum absolute atomic E-state index is 12.0. The van der Waals surface area contributed by atoms with Gasteiger partial charge in [-0.2, -0.15) is 4.73 Å². The van der Waals surface area contributed by atoms with Gasteiger partial charge in [0.1, 0.15) is 5.52 Å². The average molecular weight is 258 g/mol. The molecule has 0 amide bonds. The van der Waals surface area contributed by atoms with Crippen molar-refractivity contribution in [1.29, 1.82) is 0 Å². The summed E-state index contributed by atoms with van der Waals surface area (Å²) in [6, 6.07) is 5.92. The van der Waals surface area contributed by atoms with Gasteiger partial charge in [-0.15, -0.1) is 11.3 Å². The molecule has 3 rings (SSSR count). The van der Waals surface area contributed by atoms with Gasteiger partial charge in [-0.25, -0.2) is 4.98 Å². The lowest BCUT2D eigenvalue weighted by molar-refractivity contribution is -0.575. The van der Waals surface area contributed by atoms with Gasteiger partial charge in [0, 0.05) is 6.07 Å². The second-order valence-electron chi connectivity index (χ2n) is 4.55. The third-order valence-corrected chi connectivity index (χ3v) is 4.20. The number of hydrogen-bond acceptors (Lipinski definition) is 3. The van der Waals surface area contributed by atoms with E-state index in [9.17, 15) is 5.21 Å². The molecule has 0 radical (unpaired) electrons. The first-order chi connectivity index (χ1) is 8.69. The van der Waals surface area contributed by atoms with E-state index >= 15 is 0 Å². The second-order valence-corrected chi connectivity index (χ2v) is 5.63. The van der Waals surface area contributed by atoms with E-state index in [0.29, 0.717) is 0 Å². The number of pyridine rings is 1. The molecule has 0 aliphatic rings. The predicted octanol–water partition coefficient (Wildman–Crippen LogP) is 3.34. The number of benzene rings is 1. The first-order valence-electron chi connectivity index (χ1n) is 6.11. The van der Waals surface area contributed by atoms with Crippen LogP contribution in [-0.4, -0.2) is 4.98 Å². The van der Waals surface area contributed by atoms with Gasteiger partial charge in [0.25, 0.3) is 0 Å². The molecule has 0 saturated heterocycles. The first kappa shape index (κ1) is 11.4. The lowest BCUT2D eigenvalue weighted by atomic mass is 10.1. The normalized spacial score (nSPS) is 11.4. The van der Waals surface area contributed by atoms with E-state index in [0.717, 1.165) is 43.7 Å². The van der Waals surface area contributed by atoms with Crippen LogP contribution in [0, 0.1) is 12.1 Å². The van der Waals surface area contributed by atoms with Crippen molar-refractivity contribution in [3.63, 3.8) is 0 Å². The summed E-state index contributed by atoms with van der Waals surface area (Å²) < 4.78 is 2.05. The zero-order valence-electron chi connectivity index (χ0n) is 10.4. The Morgan fingerprint density at radius 2 is 2.22 bits per heavy atom. The molecule has 0 aliphatic heterocycles. The molecule has 0 spiro atoms. The molecule has 2 aromatic heterocycles. The highest BCUT2D eigenvalue weighted by atomic mass is 32.1. The Morgan fingerprint density at radius 3 is 3.00 bits per heavy atom. The van der Waals surface area contributed by atoms with Gasteiger partial charge >= 0.3 is 0 Å². The molecule has 1 aromatic carbocycles. The quantitative estimate of drug-likeness (QED) is 0.522. The zero-order valence-corrected chi connectivity index (χ0v) is 11.3. The van der Waals surface area contributed by atoms with Crippen LogP contribution in [0.5, 0.6) is 0 Å². The van der Waals surface area contributed by atoms with Crippen molar-refractivity contribution in [3.05, 3.63) is 40.2 Å². The third-order valence-electron chi connectivity index (χ3n) is 3.04. The van der Waals surface area contributed by atoms with Crippen LogP contribution in [0.3, 0.4) is 0 Å². The Balaban J connectivity index is 2.39. The summed E-state index contributed by atoms with van der Waals surface area (Å²) in [4.78, 5) is 4.54. The van der Waals surface area contributed by atoms with Crippen molar-refractivity contribution in [2.24, 2.45) is 0 Å². The summed E-state index contributed by atoms with van der Waals surface area (Å²) in [5, 5.41) is 14.1. The molecule has 0 unspecified atom stereocenters. The lowest BCUT2D eigenvalue weighted by Crippen LogP contribution is -2.26. The monoisotopic (exact) mass is 258 g/mol. The van der Waals surface area contributed by atoms with Gasteiger partial charge < -0.3 is 5.21 Å². The molecule has 3 aromatic rings. The summed E-state index contributed by atoms with van der Waals surface area (Å²) in [5.74, 6) is 0. The lowest BCUT2D eigenvalue weighted by Gasteiger charge is -2.02. The van der Waals surface area contributed by atoms with E-state index in [4.69, 9.17) is 0 Å². The molecular weight excluding hydrogens is 244 g/mol. The first-order valence-corrected chi connectivity index (χ1v) is 6.92. The van der Waals surface area contributed by atoms with Gasteiger partial charge in [0.15, 0.2) is 0 Å². The summed E-state index contributed by atoms with van der Waals surface area (Å²) in [6.07, 6.45) is 3.64. The van der Waals surface area contributed by atoms with E-state index in [-0.39, 0.29) is 0 Å². The summed E-state index contributed by atoms with van der Waals surface area (Å²) >= 11 is 1.71. The van der Waals surface area contributed by atoms with Crippen molar-refractivity contribution in [2.45, 2.75) is 26.7 Å². The summed E-state index contributed by atoms with van der Waals surface area (Å²) in [7, 11) is 0. The smallest absolute Gasteiger partial charge is 0.225 e. The zero-order chi connectivity index (χ0) is 12.7. The maximum atomic E-state index is 12.0. The van der Waals surface area contributed by atoms with E-state index in [1.807, 2.05) is 19.1 Å². The number of aromatic nitrogens is 2. The molecule has 3 nitrogen and oxygen atoms in total. The molecule has 0 bridgehead atoms. The standard InChI is InChI=1S/C14H14N2OS/c1-3-4-13-15-11-8-16(17)12-6-5-9(2)7-10(12)14(11)18-13/h5-8H,3-4H2,1-2H3. The van der Waals surface area contributed by atoms with Gasteiger partial charge in [-0.1, -0.05) is 13.0 Å². The van der Waals surface area contributed by atoms with Crippen molar-refractivity contribution < 1.29 is 4.73 Å². The van der Waals surface area contributed by atoms with E-state index in [1.165, 1.54) is 5.56 Å². The fraction of sp³-hybridized carbons (Fsp3) is 0.286. The SMILES string of the molecule is CCCc1nc2c[n+]([O-])c3ccc(C)cc3c2s1. The largest absolute Gasteiger partial charge is 0.618 e. The Hall–Kier alpha value is -1.68. The molecule has 2 heterocycles. The van der Waals surface area contributed by atoms with Gasteiger partial charge in [0.05, 0.1) is 15.1 Å². The minimum absolute atomic E-state index is 0.722. The van der Waals surface area contributed by atoms with E-state index < -0.39 is 0 Å². The van der Waals surface area contributed by atoms with Crippen molar-refractivity contribution >= 4 is 32.5 Å². The van der Waals surface area contributed by atoms with Crippen LogP contribution in [0.2, 0.25) is 0 Å². The van der Waals surface area contributed by atoms with Crippen molar-refractivity contribution in [2.75, 3.05) is 0 Å². The van der Waals surface area contributed by atoms with Crippen LogP contribution in [0.1, 0.15) is 23.9 Å². The fourth-order valence-electron chi connectivity index (χ4n) is 2.18. The number of hydrogen-bond donors (Lipinski definition) is 0. The highest BCUT2D eigenvalue weighted by molar-refractivity contribution is 7.19. The average Bonchev–Trinajstić information content (AvgIpc) is 2.72. The van der Waals surface area contributed by atoms with Crippen LogP contribution in [0.25, 0.3) is 21.1 Å². The molecule has 18 heavy (non-hydrogen) atoms. The molecule has 0 atom stereocenters. The Morgan fingerprint density at radius 1 is 1.39 bits per heavy atom. The molecule has 0 N–H and O–H groups in total. The van der Waals surface area contributed by atoms with Gasteiger partial charge in [-0.05, 0) is 31.4 Å². The highest BCUT2D eigenvalue weighted by Crippen LogP contribution is 2.29. The topological polar surface area (TPSA) is 39.8 Å². The number of nitrogens with zero attached hydrogens (tertiary/aromatic N) is 2. The molecule has 0 saturated carbocycles. The Labute approximate surface area is 109 Å². The number of rotatable bonds is 2. The van der Waals surface area contributed by atoms with Gasteiger partial charge in [-0.3, -0.25) is 0 Å². The van der Waals surface area contributed by atoms with Gasteiger partial charge in [0.2, 0.25) is 11.7 Å². The number of thiazole rings is 1. The second kappa shape index (κ2) is 4.21. The molecule has 0 aliphatic carbocycles. The molecule has 0 fully saturated rings. The Kier molecular flexibility index (Phi) is 2.67. The van der Waals surface area contributed by atoms with Crippen LogP contribution in [0.4, 0.5) is 0 Å². The predicted molar refractivity (Wildman–Crippen MR) is 74.8 cm³/mol. The van der Waals surface area contributed by atoms with Crippen molar-refractivity contribution in [1.82, 2.24) is 4.98 Å². The fourth-order valence-corrected chi connectivity index (χ4v) is 3.35. The third kappa shape index (κ3) is 1.73. The minimum Gasteiger partial charge on any atom is -0.618 e. The maximum Gasteiger partial charge on any atom is 0.225 e. The highest BCUT2D eigenvalue weighted by Gasteiger charge is 2.14. The Bertz CT molecular complexity index is 733. The van der Waals surface area contributed by atoms with Crippen LogP contribution in [-0.2, 0) is 6.42 Å². The summed E-state index contributed by atoms with van der Waals surface area (Å²) in [5.41, 5.74) is 2.71. The van der Waals surface area contributed by atoms with E-state index in [1.54, 1.807) is 17.5 Å². The molecule has 4 heteroatoms. The van der Waals surface area contributed by atoms with Crippen molar-refractivity contribution in [3.8, 4) is 0 Å².